The Morgan fingerprint density at radius 2 is 1.67 bits per heavy atom. The summed E-state index contributed by atoms with van der Waals surface area (Å²) in [5.74, 6) is -2.03. The molecule has 230 valence electrons. The number of halogens is 7. The van der Waals surface area contributed by atoms with E-state index < -0.39 is 80.0 Å². The van der Waals surface area contributed by atoms with E-state index in [-0.39, 0.29) is 30.7 Å². The topological polar surface area (TPSA) is 113 Å². The molecular formula is C26H25F7N2O6S. The van der Waals surface area contributed by atoms with Gasteiger partial charge in [-0.3, -0.25) is 13.9 Å². The van der Waals surface area contributed by atoms with Gasteiger partial charge in [0.15, 0.2) is 0 Å². The summed E-state index contributed by atoms with van der Waals surface area (Å²) in [5.41, 5.74) is -8.47. The number of ether oxygens (including phenoxy) is 1. The second-order valence-electron chi connectivity index (χ2n) is 10.6. The predicted molar refractivity (Wildman–Crippen MR) is 132 cm³/mol. The summed E-state index contributed by atoms with van der Waals surface area (Å²) in [4.78, 5) is 24.5. The number of nitrogens with one attached hydrogen (secondary N) is 1. The lowest BCUT2D eigenvalue weighted by molar-refractivity contribution is -0.376. The van der Waals surface area contributed by atoms with E-state index in [1.807, 2.05) is 0 Å². The molecule has 2 aromatic carbocycles. The Balaban J connectivity index is 1.76. The van der Waals surface area contributed by atoms with E-state index in [9.17, 15) is 53.8 Å². The highest BCUT2D eigenvalue weighted by molar-refractivity contribution is 7.92. The van der Waals surface area contributed by atoms with Crippen LogP contribution >= 0.6 is 0 Å². The van der Waals surface area contributed by atoms with E-state index in [2.05, 4.69) is 5.32 Å². The molecule has 2 aliphatic rings. The molecule has 0 aliphatic carbocycles. The quantitative estimate of drug-likeness (QED) is 0.369. The summed E-state index contributed by atoms with van der Waals surface area (Å²) >= 11 is 0. The van der Waals surface area contributed by atoms with Crippen molar-refractivity contribution in [3.05, 3.63) is 59.4 Å². The minimum atomic E-state index is -6.16. The molecular weight excluding hydrogens is 601 g/mol. The van der Waals surface area contributed by atoms with Crippen molar-refractivity contribution in [2.45, 2.75) is 68.0 Å². The fourth-order valence-electron chi connectivity index (χ4n) is 4.97. The number of amides is 1. The van der Waals surface area contributed by atoms with Crippen LogP contribution in [0.25, 0.3) is 0 Å². The van der Waals surface area contributed by atoms with Crippen LogP contribution in [-0.2, 0) is 36.4 Å². The molecule has 42 heavy (non-hydrogen) atoms. The first-order chi connectivity index (χ1) is 19.2. The molecule has 2 N–H and O–H groups in total. The predicted octanol–water partition coefficient (Wildman–Crippen LogP) is 4.11. The van der Waals surface area contributed by atoms with Crippen molar-refractivity contribution >= 4 is 27.6 Å². The van der Waals surface area contributed by atoms with Crippen LogP contribution in [0.3, 0.4) is 0 Å². The largest absolute Gasteiger partial charge is 0.463 e. The normalized spacial score (nSPS) is 21.1. The molecule has 0 spiro atoms. The Bertz CT molecular complexity index is 1480. The van der Waals surface area contributed by atoms with Crippen LogP contribution in [-0.4, -0.2) is 56.4 Å². The number of carbonyl (C=O) groups is 2. The molecule has 0 bridgehead atoms. The van der Waals surface area contributed by atoms with E-state index >= 15 is 0 Å². The molecule has 2 aliphatic heterocycles. The van der Waals surface area contributed by atoms with Gasteiger partial charge in [-0.15, -0.1) is 0 Å². The Hall–Kier alpha value is -3.40. The summed E-state index contributed by atoms with van der Waals surface area (Å²) in [6.45, 7) is 2.94. The minimum Gasteiger partial charge on any atom is -0.463 e. The summed E-state index contributed by atoms with van der Waals surface area (Å²) in [6.07, 6.45) is -13.3. The maximum absolute atomic E-state index is 13.7. The molecule has 0 saturated carbocycles. The monoisotopic (exact) mass is 626 g/mol. The van der Waals surface area contributed by atoms with E-state index in [0.717, 1.165) is 24.3 Å². The summed E-state index contributed by atoms with van der Waals surface area (Å²) in [6, 6.07) is 3.04. The Morgan fingerprint density at radius 1 is 1.07 bits per heavy atom. The van der Waals surface area contributed by atoms with Gasteiger partial charge in [-0.2, -0.15) is 26.3 Å². The van der Waals surface area contributed by atoms with Gasteiger partial charge in [0, 0.05) is 12.0 Å². The fourth-order valence-corrected chi connectivity index (χ4v) is 6.68. The van der Waals surface area contributed by atoms with Crippen molar-refractivity contribution in [1.82, 2.24) is 5.32 Å². The third-order valence-corrected chi connectivity index (χ3v) is 9.42. The molecule has 0 unspecified atom stereocenters. The number of aliphatic hydroxyl groups is 1. The number of aryl methyl sites for hydroxylation is 1. The number of hydrogen-bond donors (Lipinski definition) is 2. The number of cyclic esters (lactones) is 1. The van der Waals surface area contributed by atoms with Crippen LogP contribution < -0.4 is 9.62 Å². The van der Waals surface area contributed by atoms with Crippen LogP contribution in [0.2, 0.25) is 0 Å². The van der Waals surface area contributed by atoms with Crippen molar-refractivity contribution in [1.29, 1.82) is 0 Å². The van der Waals surface area contributed by atoms with Gasteiger partial charge in [-0.05, 0) is 62.6 Å². The number of rotatable bonds is 6. The first-order valence-corrected chi connectivity index (χ1v) is 13.9. The number of hydrogen-bond acceptors (Lipinski definition) is 6. The van der Waals surface area contributed by atoms with Crippen LogP contribution in [0.5, 0.6) is 0 Å². The third kappa shape index (κ3) is 5.29. The first kappa shape index (κ1) is 31.5. The fraction of sp³-hybridized carbons (Fsp3) is 0.462. The number of sulfonamides is 1. The van der Waals surface area contributed by atoms with Crippen molar-refractivity contribution in [3.8, 4) is 0 Å². The van der Waals surface area contributed by atoms with E-state index in [1.165, 1.54) is 13.8 Å². The van der Waals surface area contributed by atoms with Gasteiger partial charge >= 0.3 is 18.3 Å². The molecule has 2 aromatic rings. The lowest BCUT2D eigenvalue weighted by atomic mass is 9.86. The van der Waals surface area contributed by atoms with Crippen molar-refractivity contribution < 1.29 is 58.6 Å². The average Bonchev–Trinajstić information content (AvgIpc) is 3.12. The van der Waals surface area contributed by atoms with Crippen LogP contribution in [0, 0.1) is 11.2 Å². The van der Waals surface area contributed by atoms with Crippen LogP contribution in [0.4, 0.5) is 36.4 Å². The molecule has 2 atom stereocenters. The third-order valence-electron chi connectivity index (χ3n) is 7.54. The van der Waals surface area contributed by atoms with Gasteiger partial charge < -0.3 is 15.2 Å². The zero-order valence-corrected chi connectivity index (χ0v) is 22.8. The standard InChI is InChI=1S/C26H25F7N2O6S/c1-23(2)20(13-41-22(23)37)34-21(36)12-17-7-3-14-11-15(24(38,25(28,29)30)26(31,32)33)4-10-19(14)35(17)42(39,40)18-8-5-16(27)6-9-18/h4-6,8-11,17,20,38H,3,7,12-13H2,1-2H3,(H,34,36)/t17-,20+/m0/s1. The zero-order valence-electron chi connectivity index (χ0n) is 22.0. The molecule has 0 aromatic heterocycles. The second kappa shape index (κ2) is 10.4. The van der Waals surface area contributed by atoms with Gasteiger partial charge in [0.1, 0.15) is 12.4 Å². The maximum Gasteiger partial charge on any atom is 0.430 e. The summed E-state index contributed by atoms with van der Waals surface area (Å²) < 4.78 is 128. The highest BCUT2D eigenvalue weighted by Crippen LogP contribution is 2.51. The van der Waals surface area contributed by atoms with Gasteiger partial charge in [-0.1, -0.05) is 12.1 Å². The molecule has 4 rings (SSSR count). The number of carbonyl (C=O) groups excluding carboxylic acids is 2. The van der Waals surface area contributed by atoms with Gasteiger partial charge in [0.05, 0.1) is 28.1 Å². The molecule has 1 amide bonds. The molecule has 2 heterocycles. The highest BCUT2D eigenvalue weighted by Gasteiger charge is 2.71. The number of nitrogens with zero attached hydrogens (tertiary/aromatic N) is 1. The van der Waals surface area contributed by atoms with Gasteiger partial charge in [0.25, 0.3) is 15.6 Å². The summed E-state index contributed by atoms with van der Waals surface area (Å²) in [5, 5.41) is 12.5. The Morgan fingerprint density at radius 3 is 2.19 bits per heavy atom. The molecule has 0 radical (unpaired) electrons. The maximum atomic E-state index is 13.7. The van der Waals surface area contributed by atoms with Gasteiger partial charge in [0.2, 0.25) is 5.91 Å². The van der Waals surface area contributed by atoms with Crippen molar-refractivity contribution in [3.63, 3.8) is 0 Å². The van der Waals surface area contributed by atoms with E-state index in [0.29, 0.717) is 22.5 Å². The number of esters is 1. The summed E-state index contributed by atoms with van der Waals surface area (Å²) in [7, 11) is -4.65. The van der Waals surface area contributed by atoms with Gasteiger partial charge in [-0.25, -0.2) is 12.8 Å². The molecule has 8 nitrogen and oxygen atoms in total. The second-order valence-corrected chi connectivity index (χ2v) is 12.5. The van der Waals surface area contributed by atoms with Crippen molar-refractivity contribution in [2.75, 3.05) is 10.9 Å². The van der Waals surface area contributed by atoms with E-state index in [1.54, 1.807) is 0 Å². The number of benzene rings is 2. The number of anilines is 1. The Kier molecular flexibility index (Phi) is 7.81. The first-order valence-electron chi connectivity index (χ1n) is 12.5. The molecule has 16 heteroatoms. The smallest absolute Gasteiger partial charge is 0.430 e. The SMILES string of the molecule is CC1(C)C(=O)OC[C@H]1NC(=O)C[C@@H]1CCc2cc(C(O)(C(F)(F)F)C(F)(F)F)ccc2N1S(=O)(=O)c1ccc(F)cc1. The molecule has 1 fully saturated rings. The van der Waals surface area contributed by atoms with Crippen LogP contribution in [0.15, 0.2) is 47.4 Å². The zero-order chi connectivity index (χ0) is 31.5. The number of fused-ring (bicyclic) bond motifs is 1. The van der Waals surface area contributed by atoms with Crippen molar-refractivity contribution in [2.24, 2.45) is 5.41 Å². The average molecular weight is 627 g/mol. The Labute approximate surface area is 235 Å². The number of alkyl halides is 6. The lowest BCUT2D eigenvalue weighted by Gasteiger charge is -2.39. The highest BCUT2D eigenvalue weighted by atomic mass is 32.2. The lowest BCUT2D eigenvalue weighted by Crippen LogP contribution is -2.54. The molecule has 1 saturated heterocycles. The minimum absolute atomic E-state index is 0.132. The van der Waals surface area contributed by atoms with E-state index in [4.69, 9.17) is 4.74 Å². The van der Waals surface area contributed by atoms with Crippen LogP contribution in [0.1, 0.15) is 37.8 Å².